The second-order valence-electron chi connectivity index (χ2n) is 16.1. The minimum atomic E-state index is -4.39. The van der Waals surface area contributed by atoms with Gasteiger partial charge < -0.3 is 18.9 Å². The summed E-state index contributed by atoms with van der Waals surface area (Å²) in [6, 6.07) is 0. The Kier molecular flexibility index (Phi) is 37.6. The second-order valence-corrected chi connectivity index (χ2v) is 17.5. The van der Waals surface area contributed by atoms with E-state index in [1.165, 1.54) is 83.5 Å². The molecule has 2 atom stereocenters. The number of unbranched alkanes of at least 4 members (excludes halogenated alkanes) is 16. The number of carbonyl (C=O) groups excluding carboxylic acids is 2. The molecule has 9 nitrogen and oxygen atoms in total. The third-order valence-electron chi connectivity index (χ3n) is 9.31. The van der Waals surface area contributed by atoms with Gasteiger partial charge in [0, 0.05) is 12.8 Å². The Morgan fingerprint density at radius 1 is 0.561 bits per heavy atom. The topological polar surface area (TPSA) is 108 Å². The van der Waals surface area contributed by atoms with Crippen LogP contribution < -0.4 is 0 Å². The average Bonchev–Trinajstić information content (AvgIpc) is 3.16. The number of phosphoric ester groups is 1. The number of quaternary nitrogens is 1. The summed E-state index contributed by atoms with van der Waals surface area (Å²) in [7, 11) is 1.44. The Labute approximate surface area is 349 Å². The highest BCUT2D eigenvalue weighted by Crippen LogP contribution is 2.43. The van der Waals surface area contributed by atoms with Crippen molar-refractivity contribution in [3.63, 3.8) is 0 Å². The van der Waals surface area contributed by atoms with E-state index >= 15 is 0 Å². The fraction of sp³-hybridized carbons (Fsp3) is 0.745. The van der Waals surface area contributed by atoms with Crippen molar-refractivity contribution in [2.24, 2.45) is 0 Å². The fourth-order valence-corrected chi connectivity index (χ4v) is 6.56. The van der Waals surface area contributed by atoms with E-state index in [1.54, 1.807) is 0 Å². The summed E-state index contributed by atoms with van der Waals surface area (Å²) in [6.07, 6.45) is 47.0. The molecule has 0 radical (unpaired) electrons. The monoisotopic (exact) mass is 823 g/mol. The Morgan fingerprint density at radius 3 is 1.47 bits per heavy atom. The molecule has 0 heterocycles. The molecule has 0 fully saturated rings. The van der Waals surface area contributed by atoms with E-state index in [4.69, 9.17) is 18.5 Å². The maximum absolute atomic E-state index is 12.7. The van der Waals surface area contributed by atoms with Gasteiger partial charge in [-0.25, -0.2) is 4.57 Å². The standard InChI is InChI=1S/C47H84NO8P/c1-6-8-10-12-14-16-18-20-22-24-26-27-29-31-33-35-37-39-46(49)53-43-45(44-55-57(51,52)54-42-41-48(3,4)5)56-47(50)40-38-36-34-32-30-28-25-23-21-19-17-15-13-11-9-7-2/h8,10,14,16,20,22,26-27,31,33,45H,6-7,9,11-13,15,17-19,21,23-25,28-30,32,34-44H2,1-5H3/p+1/b10-8+,16-14+,22-20+,27-26+,33-31+/t45-/m1/s1. The van der Waals surface area contributed by atoms with E-state index in [9.17, 15) is 19.0 Å². The molecule has 1 unspecified atom stereocenters. The van der Waals surface area contributed by atoms with Crippen LogP contribution in [0, 0.1) is 0 Å². The number of hydrogen-bond donors (Lipinski definition) is 1. The van der Waals surface area contributed by atoms with Crippen LogP contribution in [0.5, 0.6) is 0 Å². The van der Waals surface area contributed by atoms with Crippen molar-refractivity contribution < 1.29 is 42.1 Å². The molecular formula is C47H85NO8P+. The zero-order valence-corrected chi connectivity index (χ0v) is 38.0. The van der Waals surface area contributed by atoms with Crippen molar-refractivity contribution in [2.45, 2.75) is 180 Å². The van der Waals surface area contributed by atoms with Crippen LogP contribution in [0.3, 0.4) is 0 Å². The maximum atomic E-state index is 12.7. The minimum absolute atomic E-state index is 0.0217. The number of carbonyl (C=O) groups is 2. The van der Waals surface area contributed by atoms with E-state index in [-0.39, 0.29) is 26.1 Å². The van der Waals surface area contributed by atoms with Crippen LogP contribution in [0.1, 0.15) is 174 Å². The molecule has 0 saturated carbocycles. The van der Waals surface area contributed by atoms with Gasteiger partial charge in [0.05, 0.1) is 27.7 Å². The Morgan fingerprint density at radius 2 is 1.00 bits per heavy atom. The molecule has 0 aliphatic heterocycles. The van der Waals surface area contributed by atoms with Gasteiger partial charge in [-0.15, -0.1) is 0 Å². The first-order chi connectivity index (χ1) is 27.5. The lowest BCUT2D eigenvalue weighted by Crippen LogP contribution is -2.37. The number of hydrogen-bond acceptors (Lipinski definition) is 7. The lowest BCUT2D eigenvalue weighted by atomic mass is 10.0. The lowest BCUT2D eigenvalue weighted by Gasteiger charge is -2.24. The molecule has 0 bridgehead atoms. The van der Waals surface area contributed by atoms with Gasteiger partial charge in [-0.2, -0.15) is 0 Å². The Balaban J connectivity index is 4.43. The number of allylic oxidation sites excluding steroid dienone is 10. The first kappa shape index (κ1) is 54.7. The number of nitrogens with zero attached hydrogens (tertiary/aromatic N) is 1. The van der Waals surface area contributed by atoms with Crippen LogP contribution >= 0.6 is 7.82 Å². The van der Waals surface area contributed by atoms with Gasteiger partial charge >= 0.3 is 19.8 Å². The summed E-state index contributed by atoms with van der Waals surface area (Å²) >= 11 is 0. The van der Waals surface area contributed by atoms with E-state index in [0.29, 0.717) is 23.9 Å². The zero-order chi connectivity index (χ0) is 42.1. The van der Waals surface area contributed by atoms with Gasteiger partial charge in [0.15, 0.2) is 6.10 Å². The molecule has 0 rings (SSSR count). The third-order valence-corrected chi connectivity index (χ3v) is 10.3. The summed E-state index contributed by atoms with van der Waals surface area (Å²) in [6.45, 7) is 4.24. The number of phosphoric acid groups is 1. The molecule has 0 aromatic heterocycles. The predicted molar refractivity (Wildman–Crippen MR) is 238 cm³/mol. The minimum Gasteiger partial charge on any atom is -0.462 e. The number of likely N-dealkylation sites (N-methyl/N-ethyl adjacent to an activating group) is 1. The highest BCUT2D eigenvalue weighted by Gasteiger charge is 2.27. The summed E-state index contributed by atoms with van der Waals surface area (Å²) in [5, 5.41) is 0. The Hall–Kier alpha value is -2.29. The molecule has 0 saturated heterocycles. The predicted octanol–water partition coefficient (Wildman–Crippen LogP) is 12.9. The number of ether oxygens (including phenoxy) is 2. The summed E-state index contributed by atoms with van der Waals surface area (Å²) in [5.74, 6) is -0.866. The van der Waals surface area contributed by atoms with Crippen molar-refractivity contribution >= 4 is 19.8 Å². The quantitative estimate of drug-likeness (QED) is 0.0214. The first-order valence-electron chi connectivity index (χ1n) is 22.5. The normalized spacial score (nSPS) is 14.1. The highest BCUT2D eigenvalue weighted by molar-refractivity contribution is 7.47. The molecule has 57 heavy (non-hydrogen) atoms. The first-order valence-corrected chi connectivity index (χ1v) is 24.0. The molecule has 0 amide bonds. The summed E-state index contributed by atoms with van der Waals surface area (Å²) in [5.41, 5.74) is 0. The van der Waals surface area contributed by atoms with Gasteiger partial charge in [-0.3, -0.25) is 18.6 Å². The Bertz CT molecular complexity index is 1160. The van der Waals surface area contributed by atoms with Gasteiger partial charge in [-0.05, 0) is 51.4 Å². The molecule has 0 aromatic rings. The van der Waals surface area contributed by atoms with E-state index in [1.807, 2.05) is 21.1 Å². The molecule has 10 heteroatoms. The third kappa shape index (κ3) is 43.1. The summed E-state index contributed by atoms with van der Waals surface area (Å²) < 4.78 is 34.3. The maximum Gasteiger partial charge on any atom is 0.472 e. The second kappa shape index (κ2) is 39.2. The van der Waals surface area contributed by atoms with Crippen molar-refractivity contribution in [3.05, 3.63) is 60.8 Å². The van der Waals surface area contributed by atoms with Gasteiger partial charge in [0.2, 0.25) is 0 Å². The largest absolute Gasteiger partial charge is 0.472 e. The molecule has 330 valence electrons. The van der Waals surface area contributed by atoms with E-state index in [0.717, 1.165) is 51.4 Å². The van der Waals surface area contributed by atoms with E-state index in [2.05, 4.69) is 74.6 Å². The average molecular weight is 823 g/mol. The summed E-state index contributed by atoms with van der Waals surface area (Å²) in [4.78, 5) is 35.4. The number of rotatable bonds is 40. The molecular weight excluding hydrogens is 737 g/mol. The zero-order valence-electron chi connectivity index (χ0n) is 37.1. The molecule has 0 spiro atoms. The molecule has 0 aliphatic rings. The van der Waals surface area contributed by atoms with E-state index < -0.39 is 32.5 Å². The van der Waals surface area contributed by atoms with Crippen LogP contribution in [0.25, 0.3) is 0 Å². The van der Waals surface area contributed by atoms with Crippen LogP contribution in [0.15, 0.2) is 60.8 Å². The van der Waals surface area contributed by atoms with Crippen LogP contribution in [0.2, 0.25) is 0 Å². The molecule has 0 aliphatic carbocycles. The number of esters is 2. The van der Waals surface area contributed by atoms with Crippen LogP contribution in [-0.2, 0) is 32.7 Å². The van der Waals surface area contributed by atoms with Crippen molar-refractivity contribution in [3.8, 4) is 0 Å². The van der Waals surface area contributed by atoms with Crippen molar-refractivity contribution in [2.75, 3.05) is 47.5 Å². The fourth-order valence-electron chi connectivity index (χ4n) is 5.81. The van der Waals surface area contributed by atoms with Crippen molar-refractivity contribution in [1.29, 1.82) is 0 Å². The van der Waals surface area contributed by atoms with Gasteiger partial charge in [0.25, 0.3) is 0 Å². The van der Waals surface area contributed by atoms with Gasteiger partial charge in [-0.1, -0.05) is 171 Å². The molecule has 0 aromatic carbocycles. The van der Waals surface area contributed by atoms with Crippen molar-refractivity contribution in [1.82, 2.24) is 0 Å². The SMILES string of the molecule is CC/C=C/C/C=C/C/C=C/C/C=C/C/C=C/CCCC(=O)OC[C@H](COP(=O)(O)OCC[N+](C)(C)C)OC(=O)CCCCCCCCCCCCCCCCCC. The lowest BCUT2D eigenvalue weighted by molar-refractivity contribution is -0.870. The highest BCUT2D eigenvalue weighted by atomic mass is 31.2. The van der Waals surface area contributed by atoms with Gasteiger partial charge in [0.1, 0.15) is 19.8 Å². The smallest absolute Gasteiger partial charge is 0.462 e. The molecule has 1 N–H and O–H groups in total. The van der Waals surface area contributed by atoms with Crippen LogP contribution in [-0.4, -0.2) is 74.9 Å². The van der Waals surface area contributed by atoms with Crippen LogP contribution in [0.4, 0.5) is 0 Å².